The Hall–Kier alpha value is -1.10. The van der Waals surface area contributed by atoms with E-state index in [1.807, 2.05) is 6.07 Å². The zero-order valence-electron chi connectivity index (χ0n) is 6.95. The highest BCUT2D eigenvalue weighted by Crippen LogP contribution is 2.27. The quantitative estimate of drug-likeness (QED) is 0.581. The number of thiophene rings is 1. The van der Waals surface area contributed by atoms with Crippen molar-refractivity contribution in [1.29, 1.82) is 0 Å². The normalized spacial score (nSPS) is 10.4. The summed E-state index contributed by atoms with van der Waals surface area (Å²) in [5.74, 6) is -0.498. The Morgan fingerprint density at radius 3 is 2.93 bits per heavy atom. The van der Waals surface area contributed by atoms with Gasteiger partial charge < -0.3 is 0 Å². The molecule has 1 heterocycles. The van der Waals surface area contributed by atoms with E-state index in [1.165, 1.54) is 11.3 Å². The van der Waals surface area contributed by atoms with Gasteiger partial charge in [-0.3, -0.25) is 10.0 Å². The van der Waals surface area contributed by atoms with Gasteiger partial charge in [0.1, 0.15) is 0 Å². The number of hydrogen-bond acceptors (Lipinski definition) is 3. The number of hydrogen-bond donors (Lipinski definition) is 2. The number of fused-ring (bicyclic) bond motifs is 1. The van der Waals surface area contributed by atoms with Crippen molar-refractivity contribution in [2.24, 2.45) is 0 Å². The highest BCUT2D eigenvalue weighted by molar-refractivity contribution is 7.20. The third-order valence-corrected chi connectivity index (χ3v) is 3.15. The zero-order chi connectivity index (χ0) is 10.1. The van der Waals surface area contributed by atoms with Gasteiger partial charge in [0, 0.05) is 9.72 Å². The summed E-state index contributed by atoms with van der Waals surface area (Å²) in [5, 5.41) is 9.98. The second-order valence-corrected chi connectivity index (χ2v) is 4.25. The van der Waals surface area contributed by atoms with Gasteiger partial charge in [0.2, 0.25) is 0 Å². The molecule has 0 saturated heterocycles. The minimum atomic E-state index is -0.498. The first-order chi connectivity index (χ1) is 6.70. The van der Waals surface area contributed by atoms with E-state index in [-0.39, 0.29) is 0 Å². The molecule has 5 heteroatoms. The van der Waals surface area contributed by atoms with Gasteiger partial charge in [-0.1, -0.05) is 11.6 Å². The van der Waals surface area contributed by atoms with E-state index in [0.29, 0.717) is 9.90 Å². The van der Waals surface area contributed by atoms with Gasteiger partial charge in [0.25, 0.3) is 5.91 Å². The summed E-state index contributed by atoms with van der Waals surface area (Å²) in [5.41, 5.74) is 1.60. The molecule has 0 radical (unpaired) electrons. The summed E-state index contributed by atoms with van der Waals surface area (Å²) < 4.78 is 0.966. The van der Waals surface area contributed by atoms with Crippen molar-refractivity contribution in [2.75, 3.05) is 0 Å². The van der Waals surface area contributed by atoms with E-state index >= 15 is 0 Å². The lowest BCUT2D eigenvalue weighted by atomic mass is 10.2. The van der Waals surface area contributed by atoms with Crippen LogP contribution in [0.1, 0.15) is 9.67 Å². The highest BCUT2D eigenvalue weighted by atomic mass is 35.5. The molecule has 0 saturated carbocycles. The molecule has 2 N–H and O–H groups in total. The Balaban J connectivity index is 2.56. The average molecular weight is 228 g/mol. The molecule has 1 aromatic carbocycles. The Morgan fingerprint density at radius 1 is 1.43 bits per heavy atom. The molecular formula is C9H6ClNO2S. The molecule has 0 fully saturated rings. The number of rotatable bonds is 1. The van der Waals surface area contributed by atoms with Crippen molar-refractivity contribution in [3.8, 4) is 0 Å². The number of halogens is 1. The molecule has 0 unspecified atom stereocenters. The van der Waals surface area contributed by atoms with E-state index in [4.69, 9.17) is 16.8 Å². The molecule has 0 bridgehead atoms. The zero-order valence-corrected chi connectivity index (χ0v) is 8.52. The molecule has 1 amide bonds. The van der Waals surface area contributed by atoms with Crippen molar-refractivity contribution >= 4 is 38.9 Å². The maximum atomic E-state index is 11.1. The van der Waals surface area contributed by atoms with Gasteiger partial charge in [-0.15, -0.1) is 11.3 Å². The lowest BCUT2D eigenvalue weighted by Gasteiger charge is -1.89. The summed E-state index contributed by atoms with van der Waals surface area (Å²) in [7, 11) is 0. The van der Waals surface area contributed by atoms with Gasteiger partial charge in [-0.05, 0) is 29.7 Å². The van der Waals surface area contributed by atoms with Crippen LogP contribution in [0.2, 0.25) is 5.02 Å². The number of nitrogens with one attached hydrogen (secondary N) is 1. The minimum absolute atomic E-state index is 0.463. The SMILES string of the molecule is O=C(NO)c1cc2cc(Cl)ccc2s1. The van der Waals surface area contributed by atoms with Crippen LogP contribution in [0, 0.1) is 0 Å². The smallest absolute Gasteiger partial charge is 0.284 e. The summed E-state index contributed by atoms with van der Waals surface area (Å²) in [6.45, 7) is 0. The molecule has 2 aromatic rings. The fourth-order valence-corrected chi connectivity index (χ4v) is 2.29. The second kappa shape index (κ2) is 3.57. The van der Waals surface area contributed by atoms with E-state index in [2.05, 4.69) is 0 Å². The molecule has 0 aliphatic heterocycles. The maximum absolute atomic E-state index is 11.1. The van der Waals surface area contributed by atoms with Crippen molar-refractivity contribution in [2.45, 2.75) is 0 Å². The van der Waals surface area contributed by atoms with Gasteiger partial charge in [-0.25, -0.2) is 5.48 Å². The number of benzene rings is 1. The predicted octanol–water partition coefficient (Wildman–Crippen LogP) is 2.67. The Bertz CT molecular complexity index is 495. The Labute approximate surface area is 88.9 Å². The first-order valence-corrected chi connectivity index (χ1v) is 5.03. The van der Waals surface area contributed by atoms with Gasteiger partial charge >= 0.3 is 0 Å². The third kappa shape index (κ3) is 1.59. The van der Waals surface area contributed by atoms with Gasteiger partial charge in [-0.2, -0.15) is 0 Å². The van der Waals surface area contributed by atoms with Gasteiger partial charge in [0.15, 0.2) is 0 Å². The van der Waals surface area contributed by atoms with E-state index in [1.54, 1.807) is 23.7 Å². The second-order valence-electron chi connectivity index (χ2n) is 2.73. The molecule has 2 rings (SSSR count). The molecule has 0 spiro atoms. The first-order valence-electron chi connectivity index (χ1n) is 3.84. The predicted molar refractivity (Wildman–Crippen MR) is 56.1 cm³/mol. The van der Waals surface area contributed by atoms with Crippen LogP contribution >= 0.6 is 22.9 Å². The molecular weight excluding hydrogens is 222 g/mol. The Morgan fingerprint density at radius 2 is 2.21 bits per heavy atom. The van der Waals surface area contributed by atoms with E-state index < -0.39 is 5.91 Å². The van der Waals surface area contributed by atoms with Crippen molar-refractivity contribution in [3.05, 3.63) is 34.2 Å². The molecule has 0 aliphatic rings. The fourth-order valence-electron chi connectivity index (χ4n) is 1.18. The van der Waals surface area contributed by atoms with E-state index in [0.717, 1.165) is 10.1 Å². The van der Waals surface area contributed by atoms with Crippen molar-refractivity contribution in [1.82, 2.24) is 5.48 Å². The maximum Gasteiger partial charge on any atom is 0.284 e. The summed E-state index contributed by atoms with van der Waals surface area (Å²) in [6.07, 6.45) is 0. The van der Waals surface area contributed by atoms with E-state index in [9.17, 15) is 4.79 Å². The van der Waals surface area contributed by atoms with Crippen LogP contribution in [0.25, 0.3) is 10.1 Å². The van der Waals surface area contributed by atoms with Crippen LogP contribution in [0.5, 0.6) is 0 Å². The van der Waals surface area contributed by atoms with Crippen LogP contribution in [0.4, 0.5) is 0 Å². The molecule has 1 aromatic heterocycles. The van der Waals surface area contributed by atoms with Crippen molar-refractivity contribution < 1.29 is 10.0 Å². The van der Waals surface area contributed by atoms with Crippen LogP contribution in [-0.2, 0) is 0 Å². The average Bonchev–Trinajstić information content (AvgIpc) is 2.59. The van der Waals surface area contributed by atoms with Crippen LogP contribution in [0.3, 0.4) is 0 Å². The topological polar surface area (TPSA) is 49.3 Å². The minimum Gasteiger partial charge on any atom is -0.288 e. The lowest BCUT2D eigenvalue weighted by Crippen LogP contribution is -2.16. The van der Waals surface area contributed by atoms with Crippen LogP contribution in [-0.4, -0.2) is 11.1 Å². The number of carbonyl (C=O) groups excluding carboxylic acids is 1. The molecule has 0 aliphatic carbocycles. The lowest BCUT2D eigenvalue weighted by molar-refractivity contribution is 0.0711. The van der Waals surface area contributed by atoms with Crippen LogP contribution in [0.15, 0.2) is 24.3 Å². The summed E-state index contributed by atoms with van der Waals surface area (Å²) in [4.78, 5) is 11.5. The monoisotopic (exact) mass is 227 g/mol. The summed E-state index contributed by atoms with van der Waals surface area (Å²) in [6, 6.07) is 7.08. The first kappa shape index (κ1) is 9.45. The molecule has 3 nitrogen and oxygen atoms in total. The largest absolute Gasteiger partial charge is 0.288 e. The third-order valence-electron chi connectivity index (χ3n) is 1.80. The number of hydroxylamine groups is 1. The van der Waals surface area contributed by atoms with Crippen LogP contribution < -0.4 is 5.48 Å². The summed E-state index contributed by atoms with van der Waals surface area (Å²) >= 11 is 7.10. The standard InChI is InChI=1S/C9H6ClNO2S/c10-6-1-2-7-5(3-6)4-8(14-7)9(12)11-13/h1-4,13H,(H,11,12). The fraction of sp³-hybridized carbons (Fsp3) is 0. The number of amides is 1. The number of carbonyl (C=O) groups is 1. The molecule has 0 atom stereocenters. The highest BCUT2D eigenvalue weighted by Gasteiger charge is 2.08. The molecule has 14 heavy (non-hydrogen) atoms. The Kier molecular flexibility index (Phi) is 2.41. The van der Waals surface area contributed by atoms with Crippen molar-refractivity contribution in [3.63, 3.8) is 0 Å². The van der Waals surface area contributed by atoms with Gasteiger partial charge in [0.05, 0.1) is 4.88 Å². The molecule has 72 valence electrons.